The van der Waals surface area contributed by atoms with Gasteiger partial charge in [0.1, 0.15) is 17.5 Å². The molecule has 2 amide bonds. The summed E-state index contributed by atoms with van der Waals surface area (Å²) >= 11 is 0. The number of piperazine rings is 1. The number of rotatable bonds is 2. The van der Waals surface area contributed by atoms with Crippen LogP contribution in [0, 0.1) is 11.3 Å². The van der Waals surface area contributed by atoms with Gasteiger partial charge in [-0.2, -0.15) is 10.4 Å². The summed E-state index contributed by atoms with van der Waals surface area (Å²) in [5.74, 6) is -1.25. The van der Waals surface area contributed by atoms with Crippen LogP contribution in [0.2, 0.25) is 0 Å². The van der Waals surface area contributed by atoms with Gasteiger partial charge < -0.3 is 15.1 Å². The minimum Gasteiger partial charge on any atom is -0.368 e. The number of carbonyl (C=O) groups excluding carboxylic acids is 2. The van der Waals surface area contributed by atoms with Crippen LogP contribution in [0.25, 0.3) is 0 Å². The van der Waals surface area contributed by atoms with E-state index < -0.39 is 11.8 Å². The molecule has 0 unspecified atom stereocenters. The van der Waals surface area contributed by atoms with Crippen molar-refractivity contribution >= 4 is 23.3 Å². The molecule has 1 aromatic heterocycles. The van der Waals surface area contributed by atoms with Crippen LogP contribution in [0.15, 0.2) is 36.5 Å². The topological polar surface area (TPSA) is 105 Å². The monoisotopic (exact) mass is 324 g/mol. The molecule has 1 fully saturated rings. The Morgan fingerprint density at radius 3 is 2.54 bits per heavy atom. The maximum Gasteiger partial charge on any atom is 0.315 e. The number of aromatic nitrogens is 2. The van der Waals surface area contributed by atoms with Crippen molar-refractivity contribution in [3.63, 3.8) is 0 Å². The fourth-order valence-corrected chi connectivity index (χ4v) is 2.58. The molecule has 1 saturated heterocycles. The molecule has 1 aliphatic rings. The van der Waals surface area contributed by atoms with Crippen LogP contribution < -0.4 is 10.2 Å². The van der Waals surface area contributed by atoms with E-state index in [4.69, 9.17) is 5.26 Å². The molecule has 2 aromatic rings. The first-order chi connectivity index (χ1) is 11.7. The molecule has 0 spiro atoms. The van der Waals surface area contributed by atoms with E-state index >= 15 is 0 Å². The van der Waals surface area contributed by atoms with Gasteiger partial charge in [-0.1, -0.05) is 18.2 Å². The van der Waals surface area contributed by atoms with E-state index in [2.05, 4.69) is 20.4 Å². The van der Waals surface area contributed by atoms with Crippen LogP contribution in [-0.2, 0) is 9.59 Å². The summed E-state index contributed by atoms with van der Waals surface area (Å²) in [6, 6.07) is 11.8. The van der Waals surface area contributed by atoms with Crippen LogP contribution >= 0.6 is 0 Å². The molecular weight excluding hydrogens is 308 g/mol. The highest BCUT2D eigenvalue weighted by Gasteiger charge is 2.26. The molecule has 3 rings (SSSR count). The smallest absolute Gasteiger partial charge is 0.315 e. The number of para-hydroxylation sites is 1. The maximum atomic E-state index is 12.2. The lowest BCUT2D eigenvalue weighted by Gasteiger charge is -2.35. The van der Waals surface area contributed by atoms with E-state index in [0.717, 1.165) is 5.69 Å². The Morgan fingerprint density at radius 1 is 1.17 bits per heavy atom. The third-order valence-corrected chi connectivity index (χ3v) is 3.88. The number of amides is 2. The fraction of sp³-hybridized carbons (Fsp3) is 0.250. The largest absolute Gasteiger partial charge is 0.368 e. The van der Waals surface area contributed by atoms with Crippen LogP contribution in [0.4, 0.5) is 11.5 Å². The van der Waals surface area contributed by atoms with Gasteiger partial charge in [0, 0.05) is 31.9 Å². The number of nitrogens with one attached hydrogen (secondary N) is 2. The van der Waals surface area contributed by atoms with Gasteiger partial charge in [-0.25, -0.2) is 0 Å². The number of hydrogen-bond acceptors (Lipinski definition) is 5. The molecule has 0 atom stereocenters. The Balaban J connectivity index is 1.57. The highest BCUT2D eigenvalue weighted by molar-refractivity contribution is 6.39. The maximum absolute atomic E-state index is 12.2. The van der Waals surface area contributed by atoms with Crippen molar-refractivity contribution in [1.29, 1.82) is 5.26 Å². The molecule has 2 N–H and O–H groups in total. The number of hydrogen-bond donors (Lipinski definition) is 2. The first-order valence-corrected chi connectivity index (χ1v) is 7.53. The van der Waals surface area contributed by atoms with Gasteiger partial charge in [-0.3, -0.25) is 14.7 Å². The molecule has 122 valence electrons. The molecule has 2 heterocycles. The third-order valence-electron chi connectivity index (χ3n) is 3.88. The predicted molar refractivity (Wildman–Crippen MR) is 87.2 cm³/mol. The van der Waals surface area contributed by atoms with Crippen molar-refractivity contribution in [3.05, 3.63) is 42.1 Å². The average Bonchev–Trinajstić information content (AvgIpc) is 3.09. The number of benzene rings is 1. The highest BCUT2D eigenvalue weighted by atomic mass is 16.2. The summed E-state index contributed by atoms with van der Waals surface area (Å²) in [7, 11) is 0. The standard InChI is InChI=1S/C16H16N6O2/c17-10-12-11-18-20-14(12)19-15(23)16(24)22-8-6-21(7-9-22)13-4-2-1-3-5-13/h1-5,11H,6-9H2,(H2,18,19,20,23). The Labute approximate surface area is 138 Å². The summed E-state index contributed by atoms with van der Waals surface area (Å²) in [6.07, 6.45) is 1.29. The SMILES string of the molecule is N#Cc1cn[nH]c1NC(=O)C(=O)N1CCN(c2ccccc2)CC1. The van der Waals surface area contributed by atoms with Crippen LogP contribution in [0.1, 0.15) is 5.56 Å². The van der Waals surface area contributed by atoms with Gasteiger partial charge in [0.25, 0.3) is 0 Å². The second kappa shape index (κ2) is 6.83. The van der Waals surface area contributed by atoms with E-state index in [-0.39, 0.29) is 11.4 Å². The van der Waals surface area contributed by atoms with Gasteiger partial charge >= 0.3 is 11.8 Å². The van der Waals surface area contributed by atoms with Crippen molar-refractivity contribution in [3.8, 4) is 6.07 Å². The molecule has 0 bridgehead atoms. The van der Waals surface area contributed by atoms with Gasteiger partial charge in [-0.15, -0.1) is 0 Å². The highest BCUT2D eigenvalue weighted by Crippen LogP contribution is 2.16. The van der Waals surface area contributed by atoms with Crippen molar-refractivity contribution in [2.24, 2.45) is 0 Å². The zero-order chi connectivity index (χ0) is 16.9. The van der Waals surface area contributed by atoms with Crippen molar-refractivity contribution in [2.45, 2.75) is 0 Å². The summed E-state index contributed by atoms with van der Waals surface area (Å²) in [6.45, 7) is 2.26. The van der Waals surface area contributed by atoms with E-state index in [1.807, 2.05) is 36.4 Å². The Kier molecular flexibility index (Phi) is 4.43. The Morgan fingerprint density at radius 2 is 1.88 bits per heavy atom. The fourth-order valence-electron chi connectivity index (χ4n) is 2.58. The molecule has 1 aromatic carbocycles. The lowest BCUT2D eigenvalue weighted by molar-refractivity contribution is -0.143. The van der Waals surface area contributed by atoms with E-state index in [0.29, 0.717) is 26.2 Å². The summed E-state index contributed by atoms with van der Waals surface area (Å²) < 4.78 is 0. The van der Waals surface area contributed by atoms with Crippen LogP contribution in [0.5, 0.6) is 0 Å². The Hall–Kier alpha value is -3.34. The van der Waals surface area contributed by atoms with Gasteiger partial charge in [0.05, 0.1) is 6.20 Å². The zero-order valence-corrected chi connectivity index (χ0v) is 12.9. The number of anilines is 2. The van der Waals surface area contributed by atoms with Crippen LogP contribution in [-0.4, -0.2) is 53.1 Å². The Bertz CT molecular complexity index is 771. The minimum absolute atomic E-state index is 0.138. The third kappa shape index (κ3) is 3.20. The first kappa shape index (κ1) is 15.6. The predicted octanol–water partition coefficient (Wildman–Crippen LogP) is 0.569. The van der Waals surface area contributed by atoms with Gasteiger partial charge in [-0.05, 0) is 12.1 Å². The van der Waals surface area contributed by atoms with E-state index in [1.165, 1.54) is 11.1 Å². The number of aromatic amines is 1. The first-order valence-electron chi connectivity index (χ1n) is 7.53. The summed E-state index contributed by atoms with van der Waals surface area (Å²) in [4.78, 5) is 28.0. The van der Waals surface area contributed by atoms with Crippen molar-refractivity contribution in [2.75, 3.05) is 36.4 Å². The molecule has 8 nitrogen and oxygen atoms in total. The van der Waals surface area contributed by atoms with E-state index in [1.54, 1.807) is 0 Å². The molecule has 1 aliphatic heterocycles. The lowest BCUT2D eigenvalue weighted by atomic mass is 10.2. The molecule has 0 aliphatic carbocycles. The number of nitriles is 1. The summed E-state index contributed by atoms with van der Waals surface area (Å²) in [5, 5.41) is 17.4. The average molecular weight is 324 g/mol. The second-order valence-corrected chi connectivity index (χ2v) is 5.34. The van der Waals surface area contributed by atoms with Crippen LogP contribution in [0.3, 0.4) is 0 Å². The number of H-pyrrole nitrogens is 1. The summed E-state index contributed by atoms with van der Waals surface area (Å²) in [5.41, 5.74) is 1.29. The van der Waals surface area contributed by atoms with Gasteiger partial charge in [0.2, 0.25) is 0 Å². The normalized spacial score (nSPS) is 14.1. The van der Waals surface area contributed by atoms with Crippen molar-refractivity contribution in [1.82, 2.24) is 15.1 Å². The molecule has 0 saturated carbocycles. The van der Waals surface area contributed by atoms with E-state index in [9.17, 15) is 9.59 Å². The van der Waals surface area contributed by atoms with Gasteiger partial charge in [0.15, 0.2) is 0 Å². The quantitative estimate of drug-likeness (QED) is 0.786. The second-order valence-electron chi connectivity index (χ2n) is 5.34. The number of nitrogens with zero attached hydrogens (tertiary/aromatic N) is 4. The lowest BCUT2D eigenvalue weighted by Crippen LogP contribution is -2.51. The molecule has 24 heavy (non-hydrogen) atoms. The number of carbonyl (C=O) groups is 2. The zero-order valence-electron chi connectivity index (χ0n) is 12.9. The van der Waals surface area contributed by atoms with Crippen molar-refractivity contribution < 1.29 is 9.59 Å². The molecule has 8 heteroatoms. The minimum atomic E-state index is -0.774. The molecule has 0 radical (unpaired) electrons. The molecular formula is C16H16N6O2.